The molecule has 0 radical (unpaired) electrons. The number of halogens is 1. The number of aromatic carboxylic acids is 1. The fraction of sp³-hybridized carbons (Fsp3) is 0.273. The van der Waals surface area contributed by atoms with Gasteiger partial charge in [0.05, 0.1) is 17.0 Å². The summed E-state index contributed by atoms with van der Waals surface area (Å²) in [5, 5.41) is 17.9. The Balaban J connectivity index is 2.50. The van der Waals surface area contributed by atoms with E-state index in [1.54, 1.807) is 0 Å². The molecule has 0 saturated heterocycles. The van der Waals surface area contributed by atoms with Crippen molar-refractivity contribution in [3.63, 3.8) is 0 Å². The zero-order valence-corrected chi connectivity index (χ0v) is 11.6. The SMILES string of the molecule is NS(=O)(=O)CCCNC(=O)Nc1ccc(C(=O)O)cc1F. The molecule has 0 spiro atoms. The van der Waals surface area contributed by atoms with E-state index in [-0.39, 0.29) is 30.0 Å². The number of carboxylic acids is 1. The molecule has 21 heavy (non-hydrogen) atoms. The molecule has 0 bridgehead atoms. The van der Waals surface area contributed by atoms with E-state index < -0.39 is 27.8 Å². The van der Waals surface area contributed by atoms with Crippen molar-refractivity contribution in [1.82, 2.24) is 5.32 Å². The van der Waals surface area contributed by atoms with E-state index in [0.717, 1.165) is 18.2 Å². The van der Waals surface area contributed by atoms with Crippen LogP contribution >= 0.6 is 0 Å². The van der Waals surface area contributed by atoms with Gasteiger partial charge in [-0.2, -0.15) is 0 Å². The van der Waals surface area contributed by atoms with E-state index in [1.165, 1.54) is 0 Å². The molecule has 0 heterocycles. The molecule has 1 aromatic rings. The highest BCUT2D eigenvalue weighted by Crippen LogP contribution is 2.15. The Kier molecular flexibility index (Phi) is 5.61. The second kappa shape index (κ2) is 6.99. The maximum absolute atomic E-state index is 13.5. The number of nitrogens with two attached hydrogens (primary N) is 1. The van der Waals surface area contributed by atoms with E-state index in [0.29, 0.717) is 0 Å². The lowest BCUT2D eigenvalue weighted by molar-refractivity contribution is 0.0696. The number of primary sulfonamides is 1. The highest BCUT2D eigenvalue weighted by Gasteiger charge is 2.10. The summed E-state index contributed by atoms with van der Waals surface area (Å²) >= 11 is 0. The van der Waals surface area contributed by atoms with Crippen LogP contribution in [-0.2, 0) is 10.0 Å². The van der Waals surface area contributed by atoms with E-state index >= 15 is 0 Å². The summed E-state index contributed by atoms with van der Waals surface area (Å²) in [6.07, 6.45) is 0.118. The van der Waals surface area contributed by atoms with Crippen molar-refractivity contribution < 1.29 is 27.5 Å². The number of hydrogen-bond acceptors (Lipinski definition) is 4. The Morgan fingerprint density at radius 1 is 1.33 bits per heavy atom. The number of rotatable bonds is 6. The van der Waals surface area contributed by atoms with Gasteiger partial charge >= 0.3 is 12.0 Å². The summed E-state index contributed by atoms with van der Waals surface area (Å²) < 4.78 is 34.8. The average Bonchev–Trinajstić information content (AvgIpc) is 2.36. The topological polar surface area (TPSA) is 139 Å². The van der Waals surface area contributed by atoms with Crippen LogP contribution in [-0.4, -0.2) is 37.8 Å². The van der Waals surface area contributed by atoms with Crippen molar-refractivity contribution in [2.45, 2.75) is 6.42 Å². The van der Waals surface area contributed by atoms with E-state index in [4.69, 9.17) is 10.2 Å². The van der Waals surface area contributed by atoms with Crippen molar-refractivity contribution in [3.8, 4) is 0 Å². The Bertz CT molecular complexity index is 647. The maximum atomic E-state index is 13.5. The van der Waals surface area contributed by atoms with Gasteiger partial charge in [-0.25, -0.2) is 27.5 Å². The number of carbonyl (C=O) groups excluding carboxylic acids is 1. The van der Waals surface area contributed by atoms with Crippen LogP contribution in [0.15, 0.2) is 18.2 Å². The molecular weight excluding hydrogens is 305 g/mol. The van der Waals surface area contributed by atoms with Crippen LogP contribution in [0.2, 0.25) is 0 Å². The van der Waals surface area contributed by atoms with E-state index in [9.17, 15) is 22.4 Å². The molecule has 0 aliphatic heterocycles. The summed E-state index contributed by atoms with van der Waals surface area (Å²) in [5.41, 5.74) is -0.435. The molecule has 1 aromatic carbocycles. The van der Waals surface area contributed by atoms with Crippen LogP contribution in [0.3, 0.4) is 0 Å². The smallest absolute Gasteiger partial charge is 0.335 e. The first-order valence-electron chi connectivity index (χ1n) is 5.77. The van der Waals surface area contributed by atoms with Gasteiger partial charge in [0.25, 0.3) is 0 Å². The standard InChI is InChI=1S/C11H14FN3O5S/c12-8-6-7(10(16)17)2-3-9(8)15-11(18)14-4-1-5-21(13,19)20/h2-3,6H,1,4-5H2,(H,16,17)(H2,13,19,20)(H2,14,15,18). The third kappa shape index (κ3) is 6.19. The monoisotopic (exact) mass is 319 g/mol. The first-order valence-corrected chi connectivity index (χ1v) is 7.49. The number of hydrogen-bond donors (Lipinski definition) is 4. The lowest BCUT2D eigenvalue weighted by Crippen LogP contribution is -2.31. The van der Waals surface area contributed by atoms with Gasteiger partial charge in [-0.1, -0.05) is 0 Å². The van der Waals surface area contributed by atoms with Gasteiger partial charge < -0.3 is 15.7 Å². The van der Waals surface area contributed by atoms with Crippen molar-refractivity contribution in [2.75, 3.05) is 17.6 Å². The minimum atomic E-state index is -3.59. The summed E-state index contributed by atoms with van der Waals surface area (Å²) in [5.74, 6) is -2.46. The second-order valence-electron chi connectivity index (χ2n) is 4.10. The van der Waals surface area contributed by atoms with Gasteiger partial charge in [0.15, 0.2) is 0 Å². The third-order valence-corrected chi connectivity index (χ3v) is 3.21. The van der Waals surface area contributed by atoms with Crippen LogP contribution < -0.4 is 15.8 Å². The zero-order chi connectivity index (χ0) is 16.0. The molecule has 0 fully saturated rings. The summed E-state index contributed by atoms with van der Waals surface area (Å²) in [6.45, 7) is 0.0388. The molecule has 116 valence electrons. The lowest BCUT2D eigenvalue weighted by Gasteiger charge is -2.08. The maximum Gasteiger partial charge on any atom is 0.335 e. The van der Waals surface area contributed by atoms with E-state index in [1.807, 2.05) is 0 Å². The number of carboxylic acid groups (broad SMARTS) is 1. The van der Waals surface area contributed by atoms with Crippen molar-refractivity contribution in [3.05, 3.63) is 29.6 Å². The lowest BCUT2D eigenvalue weighted by atomic mass is 10.2. The average molecular weight is 319 g/mol. The quantitative estimate of drug-likeness (QED) is 0.559. The molecule has 0 unspecified atom stereocenters. The highest BCUT2D eigenvalue weighted by molar-refractivity contribution is 7.89. The number of urea groups is 1. The molecule has 2 amide bonds. The van der Waals surface area contributed by atoms with Crippen LogP contribution in [0, 0.1) is 5.82 Å². The molecule has 0 atom stereocenters. The molecular formula is C11H14FN3O5S. The third-order valence-electron chi connectivity index (χ3n) is 2.36. The second-order valence-corrected chi connectivity index (χ2v) is 5.84. The van der Waals surface area contributed by atoms with Gasteiger partial charge in [-0.05, 0) is 24.6 Å². The first kappa shape index (κ1) is 16.9. The van der Waals surface area contributed by atoms with Gasteiger partial charge in [0.1, 0.15) is 5.82 Å². The molecule has 5 N–H and O–H groups in total. The largest absolute Gasteiger partial charge is 0.478 e. The summed E-state index contributed by atoms with van der Waals surface area (Å²) in [4.78, 5) is 22.0. The highest BCUT2D eigenvalue weighted by atomic mass is 32.2. The van der Waals surface area contributed by atoms with Gasteiger partial charge in [0.2, 0.25) is 10.0 Å². The first-order chi connectivity index (χ1) is 9.69. The molecule has 10 heteroatoms. The molecule has 1 rings (SSSR count). The minimum absolute atomic E-state index is 0.0388. The molecule has 0 saturated carbocycles. The normalized spacial score (nSPS) is 11.0. The zero-order valence-electron chi connectivity index (χ0n) is 10.8. The Morgan fingerprint density at radius 3 is 2.52 bits per heavy atom. The number of carbonyl (C=O) groups is 2. The Hall–Kier alpha value is -2.20. The fourth-order valence-electron chi connectivity index (χ4n) is 1.39. The van der Waals surface area contributed by atoms with Gasteiger partial charge in [-0.3, -0.25) is 0 Å². The van der Waals surface area contributed by atoms with E-state index in [2.05, 4.69) is 10.6 Å². The van der Waals surface area contributed by atoms with Crippen LogP contribution in [0.1, 0.15) is 16.8 Å². The predicted molar refractivity (Wildman–Crippen MR) is 73.0 cm³/mol. The van der Waals surface area contributed by atoms with Crippen molar-refractivity contribution in [2.24, 2.45) is 5.14 Å². The Morgan fingerprint density at radius 2 is 2.00 bits per heavy atom. The predicted octanol–water partition coefficient (Wildman–Crippen LogP) is 0.324. The molecule has 0 aliphatic rings. The summed E-state index contributed by atoms with van der Waals surface area (Å²) in [7, 11) is -3.59. The number of amides is 2. The van der Waals surface area contributed by atoms with Crippen LogP contribution in [0.25, 0.3) is 0 Å². The van der Waals surface area contributed by atoms with Crippen LogP contribution in [0.5, 0.6) is 0 Å². The van der Waals surface area contributed by atoms with Crippen LogP contribution in [0.4, 0.5) is 14.9 Å². The van der Waals surface area contributed by atoms with Crippen molar-refractivity contribution >= 4 is 27.7 Å². The Labute approximate surface area is 120 Å². The number of anilines is 1. The molecule has 8 nitrogen and oxygen atoms in total. The molecule has 0 aliphatic carbocycles. The number of sulfonamides is 1. The van der Waals surface area contributed by atoms with Crippen molar-refractivity contribution in [1.29, 1.82) is 0 Å². The minimum Gasteiger partial charge on any atom is -0.478 e. The fourth-order valence-corrected chi connectivity index (χ4v) is 1.94. The number of benzene rings is 1. The molecule has 0 aromatic heterocycles. The summed E-state index contributed by atoms with van der Waals surface area (Å²) in [6, 6.07) is 2.29. The van der Waals surface area contributed by atoms with Gasteiger partial charge in [0, 0.05) is 6.54 Å². The van der Waals surface area contributed by atoms with Gasteiger partial charge in [-0.15, -0.1) is 0 Å². The number of nitrogens with one attached hydrogen (secondary N) is 2.